The Bertz CT molecular complexity index is 5590. The van der Waals surface area contributed by atoms with Gasteiger partial charge in [0.1, 0.15) is 0 Å². The fourth-order valence-electron chi connectivity index (χ4n) is 15.7. The van der Waals surface area contributed by atoms with Crippen molar-refractivity contribution in [1.82, 2.24) is 0 Å². The molecule has 0 radical (unpaired) electrons. The number of fused-ring (bicyclic) bond motifs is 6. The Balaban J connectivity index is 0.596. The Labute approximate surface area is 618 Å². The minimum atomic E-state index is -0.235. The van der Waals surface area contributed by atoms with Crippen molar-refractivity contribution in [2.45, 2.75) is 45.4 Å². The molecule has 0 amide bonds. The van der Waals surface area contributed by atoms with E-state index in [0.717, 1.165) is 102 Å². The summed E-state index contributed by atoms with van der Waals surface area (Å²) in [5, 5.41) is 0. The zero-order chi connectivity index (χ0) is 71.0. The van der Waals surface area contributed by atoms with Crippen LogP contribution in [0, 0.1) is 6.92 Å². The maximum atomic E-state index is 2.43. The van der Waals surface area contributed by atoms with Gasteiger partial charge in [-0.3, -0.25) is 0 Å². The summed E-state index contributed by atoms with van der Waals surface area (Å²) in [4.78, 5) is 9.41. The molecule has 0 N–H and O–H groups in total. The van der Waals surface area contributed by atoms with Crippen molar-refractivity contribution in [3.05, 3.63) is 420 Å². The van der Waals surface area contributed by atoms with Crippen LogP contribution in [-0.2, 0) is 10.8 Å². The SMILES string of the molecule is Cc1ccc(N(c2cccc(-c3ccc(-c4ccc(N(c5ccccc5)c5ccc6c(c5)C(C)(C)c5cc(C=Cc7ccc(N(c8ccccc8)c8ccccc8)cc7)ccc5-6)cc4)cc3)c2)c2ccc3c(c2)C(C)(C)c2cc(C=Cc4ccc(N(c5ccccc5)c5ccccc5)cc4)ccc2-3)cc1. The van der Waals surface area contributed by atoms with Gasteiger partial charge in [-0.05, 0) is 242 Å². The predicted molar refractivity (Wildman–Crippen MR) is 447 cm³/mol. The van der Waals surface area contributed by atoms with Crippen LogP contribution in [0.1, 0.15) is 77.8 Å². The molecule has 4 nitrogen and oxygen atoms in total. The third kappa shape index (κ3) is 12.8. The molecule has 0 aromatic heterocycles. The fraction of sp³-hybridized carbons (Fsp3) is 0.0693. The molecular formula is C101H80N4. The van der Waals surface area contributed by atoms with Gasteiger partial charge in [0, 0.05) is 79.1 Å². The van der Waals surface area contributed by atoms with Gasteiger partial charge in [0.25, 0.3) is 0 Å². The standard InChI is InChI=1S/C101H80N4/c1-71-34-52-85(53-35-71)105(91-61-65-95-93-63-45-75(67-97(93)101(4,5)99(95)70-91)39-37-73-42-56-87(57-43-73)103(82-27-15-8-16-28-82)83-29-17-9-18-30-83)89-33-21-22-79(68-89)78-48-46-76(47-49-78)77-50-58-88(59-51-77)104(84-31-19-10-20-32-84)90-60-64-94-92-62-44-74(66-96(92)100(2,3)98(94)69-90)38-36-72-40-54-86(55-41-72)102(80-23-11-6-12-24-80)81-25-13-7-14-26-81/h6-70H,1-5H3. The highest BCUT2D eigenvalue weighted by molar-refractivity contribution is 5.91. The lowest BCUT2D eigenvalue weighted by atomic mass is 9.81. The molecule has 105 heavy (non-hydrogen) atoms. The van der Waals surface area contributed by atoms with Crippen molar-refractivity contribution in [3.63, 3.8) is 0 Å². The maximum Gasteiger partial charge on any atom is 0.0467 e. The lowest BCUT2D eigenvalue weighted by Crippen LogP contribution is -2.16. The molecule has 2 aliphatic carbocycles. The van der Waals surface area contributed by atoms with Crippen LogP contribution in [0.3, 0.4) is 0 Å². The second kappa shape index (κ2) is 27.7. The first-order valence-electron chi connectivity index (χ1n) is 36.4. The van der Waals surface area contributed by atoms with Crippen LogP contribution in [0.15, 0.2) is 370 Å². The van der Waals surface area contributed by atoms with E-state index in [1.165, 1.54) is 61.2 Å². The van der Waals surface area contributed by atoms with E-state index in [1.807, 2.05) is 0 Å². The molecule has 0 unspecified atom stereocenters. The highest BCUT2D eigenvalue weighted by atomic mass is 15.2. The van der Waals surface area contributed by atoms with Crippen LogP contribution in [0.5, 0.6) is 0 Å². The number of anilines is 12. The number of hydrogen-bond donors (Lipinski definition) is 0. The molecule has 0 fully saturated rings. The Kier molecular flexibility index (Phi) is 17.2. The van der Waals surface area contributed by atoms with Gasteiger partial charge < -0.3 is 19.6 Å². The molecule has 0 heterocycles. The Morgan fingerprint density at radius 3 is 0.800 bits per heavy atom. The molecule has 15 aromatic carbocycles. The summed E-state index contributed by atoms with van der Waals surface area (Å²) in [5.41, 5.74) is 34.0. The molecular weight excluding hydrogens is 1270 g/mol. The molecule has 17 rings (SSSR count). The van der Waals surface area contributed by atoms with Crippen LogP contribution >= 0.6 is 0 Å². The van der Waals surface area contributed by atoms with Crippen LogP contribution in [0.2, 0.25) is 0 Å². The first-order chi connectivity index (χ1) is 51.4. The quantitative estimate of drug-likeness (QED) is 0.0794. The van der Waals surface area contributed by atoms with Crippen LogP contribution in [-0.4, -0.2) is 0 Å². The molecule has 0 spiro atoms. The van der Waals surface area contributed by atoms with E-state index in [-0.39, 0.29) is 10.8 Å². The van der Waals surface area contributed by atoms with Crippen molar-refractivity contribution in [3.8, 4) is 44.5 Å². The van der Waals surface area contributed by atoms with E-state index in [2.05, 4.69) is 449 Å². The Hall–Kier alpha value is -13.0. The fourth-order valence-corrected chi connectivity index (χ4v) is 15.7. The maximum absolute atomic E-state index is 2.43. The average molecular weight is 1350 g/mol. The highest BCUT2D eigenvalue weighted by Crippen LogP contribution is 2.54. The lowest BCUT2D eigenvalue weighted by Gasteiger charge is -2.28. The second-order valence-electron chi connectivity index (χ2n) is 28.7. The molecule has 0 aliphatic heterocycles. The first-order valence-corrected chi connectivity index (χ1v) is 36.4. The number of benzene rings is 15. The summed E-state index contributed by atoms with van der Waals surface area (Å²) in [6.45, 7) is 11.7. The molecule has 0 saturated heterocycles. The first kappa shape index (κ1) is 65.3. The minimum Gasteiger partial charge on any atom is -0.311 e. The van der Waals surface area contributed by atoms with Crippen molar-refractivity contribution in [2.75, 3.05) is 19.6 Å². The summed E-state index contributed by atoms with van der Waals surface area (Å²) in [6, 6.07) is 135. The Morgan fingerprint density at radius 1 is 0.190 bits per heavy atom. The van der Waals surface area contributed by atoms with E-state index >= 15 is 0 Å². The monoisotopic (exact) mass is 1350 g/mol. The third-order valence-electron chi connectivity index (χ3n) is 21.3. The molecule has 2 aliphatic rings. The van der Waals surface area contributed by atoms with E-state index in [1.54, 1.807) is 0 Å². The van der Waals surface area contributed by atoms with Gasteiger partial charge in [0.05, 0.1) is 0 Å². The third-order valence-corrected chi connectivity index (χ3v) is 21.3. The van der Waals surface area contributed by atoms with Gasteiger partial charge >= 0.3 is 0 Å². The average Bonchev–Trinajstić information content (AvgIpc) is 1.58. The topological polar surface area (TPSA) is 13.0 Å². The smallest absolute Gasteiger partial charge is 0.0467 e. The predicted octanol–water partition coefficient (Wildman–Crippen LogP) is 28.2. The van der Waals surface area contributed by atoms with E-state index in [4.69, 9.17) is 0 Å². The largest absolute Gasteiger partial charge is 0.311 e. The van der Waals surface area contributed by atoms with Gasteiger partial charge in [-0.25, -0.2) is 0 Å². The molecule has 15 aromatic rings. The normalized spacial score (nSPS) is 12.9. The van der Waals surface area contributed by atoms with Gasteiger partial charge in [0.2, 0.25) is 0 Å². The zero-order valence-electron chi connectivity index (χ0n) is 59.8. The summed E-state index contributed by atoms with van der Waals surface area (Å²) < 4.78 is 0. The van der Waals surface area contributed by atoms with Crippen molar-refractivity contribution >= 4 is 92.6 Å². The summed E-state index contributed by atoms with van der Waals surface area (Å²) in [5.74, 6) is 0. The van der Waals surface area contributed by atoms with Gasteiger partial charge in [-0.2, -0.15) is 0 Å². The number of aryl methyl sites for hydroxylation is 1. The summed E-state index contributed by atoms with van der Waals surface area (Å²) in [6.07, 6.45) is 8.95. The van der Waals surface area contributed by atoms with E-state index in [9.17, 15) is 0 Å². The van der Waals surface area contributed by atoms with E-state index in [0.29, 0.717) is 0 Å². The van der Waals surface area contributed by atoms with Crippen molar-refractivity contribution in [1.29, 1.82) is 0 Å². The lowest BCUT2D eigenvalue weighted by molar-refractivity contribution is 0.660. The molecule has 4 heteroatoms. The second-order valence-corrected chi connectivity index (χ2v) is 28.7. The van der Waals surface area contributed by atoms with Gasteiger partial charge in [0.15, 0.2) is 0 Å². The molecule has 504 valence electrons. The van der Waals surface area contributed by atoms with E-state index < -0.39 is 0 Å². The molecule has 0 atom stereocenters. The summed E-state index contributed by atoms with van der Waals surface area (Å²) in [7, 11) is 0. The number of nitrogens with zero attached hydrogens (tertiary/aromatic N) is 4. The van der Waals surface area contributed by atoms with Crippen LogP contribution in [0.25, 0.3) is 68.8 Å². The minimum absolute atomic E-state index is 0.225. The highest BCUT2D eigenvalue weighted by Gasteiger charge is 2.38. The van der Waals surface area contributed by atoms with Gasteiger partial charge in [-0.1, -0.05) is 282 Å². The van der Waals surface area contributed by atoms with Gasteiger partial charge in [-0.15, -0.1) is 0 Å². The number of para-hydroxylation sites is 5. The number of hydrogen-bond acceptors (Lipinski definition) is 4. The zero-order valence-corrected chi connectivity index (χ0v) is 59.8. The van der Waals surface area contributed by atoms with Crippen molar-refractivity contribution in [2.24, 2.45) is 0 Å². The van der Waals surface area contributed by atoms with Crippen molar-refractivity contribution < 1.29 is 0 Å². The number of rotatable bonds is 18. The molecule has 0 saturated carbocycles. The van der Waals surface area contributed by atoms with Crippen LogP contribution in [0.4, 0.5) is 68.2 Å². The summed E-state index contributed by atoms with van der Waals surface area (Å²) >= 11 is 0. The molecule has 0 bridgehead atoms. The Morgan fingerprint density at radius 2 is 0.429 bits per heavy atom. The van der Waals surface area contributed by atoms with Crippen LogP contribution < -0.4 is 19.6 Å².